The Kier molecular flexibility index (Phi) is 4.84. The van der Waals surface area contributed by atoms with E-state index in [0.717, 1.165) is 5.56 Å². The van der Waals surface area contributed by atoms with Gasteiger partial charge in [0.15, 0.2) is 5.79 Å². The molecule has 2 aliphatic rings. The third-order valence-electron chi connectivity index (χ3n) is 4.19. The molecule has 0 unspecified atom stereocenters. The lowest BCUT2D eigenvalue weighted by Crippen LogP contribution is -2.51. The highest BCUT2D eigenvalue weighted by atomic mass is 35.5. The van der Waals surface area contributed by atoms with Crippen LogP contribution in [-0.4, -0.2) is 48.8 Å². The van der Waals surface area contributed by atoms with Crippen molar-refractivity contribution in [1.82, 2.24) is 10.2 Å². The smallest absolute Gasteiger partial charge is 0.311 e. The number of amides is 2. The number of hydrogen-bond acceptors (Lipinski definition) is 4. The minimum Gasteiger partial charge on any atom is -0.347 e. The van der Waals surface area contributed by atoms with Crippen molar-refractivity contribution in [1.29, 1.82) is 0 Å². The second kappa shape index (κ2) is 6.86. The minimum atomic E-state index is -0.593. The number of nitrogens with one attached hydrogen (secondary N) is 1. The van der Waals surface area contributed by atoms with Gasteiger partial charge in [-0.1, -0.05) is 23.7 Å². The van der Waals surface area contributed by atoms with Crippen LogP contribution in [0.5, 0.6) is 0 Å². The normalized spacial score (nSPS) is 19.8. The van der Waals surface area contributed by atoms with Crippen molar-refractivity contribution in [3.05, 3.63) is 34.9 Å². The molecule has 0 aromatic heterocycles. The Labute approximate surface area is 139 Å². The molecule has 1 aromatic carbocycles. The maximum absolute atomic E-state index is 12.2. The summed E-state index contributed by atoms with van der Waals surface area (Å²) in [4.78, 5) is 25.7. The molecule has 23 heavy (non-hydrogen) atoms. The van der Waals surface area contributed by atoms with Gasteiger partial charge in [-0.2, -0.15) is 0 Å². The number of hydrogen-bond donors (Lipinski definition) is 1. The van der Waals surface area contributed by atoms with Crippen LogP contribution in [0, 0.1) is 0 Å². The van der Waals surface area contributed by atoms with Crippen LogP contribution >= 0.6 is 11.6 Å². The molecule has 1 spiro atoms. The molecule has 7 heteroatoms. The predicted molar refractivity (Wildman–Crippen MR) is 83.7 cm³/mol. The molecular formula is C16H19ClN2O4. The molecule has 2 amide bonds. The monoisotopic (exact) mass is 338 g/mol. The molecule has 2 saturated heterocycles. The summed E-state index contributed by atoms with van der Waals surface area (Å²) in [5.74, 6) is -1.65. The molecule has 1 N–H and O–H groups in total. The van der Waals surface area contributed by atoms with Gasteiger partial charge < -0.3 is 19.7 Å². The van der Waals surface area contributed by atoms with Gasteiger partial charge >= 0.3 is 11.8 Å². The zero-order valence-corrected chi connectivity index (χ0v) is 13.5. The van der Waals surface area contributed by atoms with E-state index in [2.05, 4.69) is 5.32 Å². The van der Waals surface area contributed by atoms with Crippen molar-refractivity contribution in [2.75, 3.05) is 26.3 Å². The van der Waals surface area contributed by atoms with Gasteiger partial charge in [-0.05, 0) is 17.7 Å². The molecule has 0 atom stereocenters. The number of rotatable bonds is 2. The van der Waals surface area contributed by atoms with E-state index >= 15 is 0 Å². The largest absolute Gasteiger partial charge is 0.347 e. The van der Waals surface area contributed by atoms with Gasteiger partial charge in [0.2, 0.25) is 0 Å². The first kappa shape index (κ1) is 16.2. The van der Waals surface area contributed by atoms with E-state index in [0.29, 0.717) is 50.7 Å². The van der Waals surface area contributed by atoms with Crippen LogP contribution in [0.2, 0.25) is 5.02 Å². The molecule has 0 saturated carbocycles. The van der Waals surface area contributed by atoms with Crippen LogP contribution in [0.4, 0.5) is 0 Å². The first-order chi connectivity index (χ1) is 11.1. The summed E-state index contributed by atoms with van der Waals surface area (Å²) in [6.07, 6.45) is 1.20. The summed E-state index contributed by atoms with van der Waals surface area (Å²) in [7, 11) is 0. The topological polar surface area (TPSA) is 67.9 Å². The second-order valence-electron chi connectivity index (χ2n) is 5.71. The zero-order valence-electron chi connectivity index (χ0n) is 12.7. The molecule has 1 aromatic rings. The van der Waals surface area contributed by atoms with Crippen LogP contribution in [0.3, 0.4) is 0 Å². The fourth-order valence-corrected chi connectivity index (χ4v) is 2.97. The number of ether oxygens (including phenoxy) is 2. The number of benzene rings is 1. The second-order valence-corrected chi connectivity index (χ2v) is 6.15. The quantitative estimate of drug-likeness (QED) is 0.826. The molecule has 2 heterocycles. The van der Waals surface area contributed by atoms with Gasteiger partial charge in [0.25, 0.3) is 0 Å². The minimum absolute atomic E-state index is 0.297. The van der Waals surface area contributed by atoms with Gasteiger partial charge in [0.1, 0.15) is 0 Å². The summed E-state index contributed by atoms with van der Waals surface area (Å²) in [6.45, 7) is 2.41. The van der Waals surface area contributed by atoms with E-state index in [4.69, 9.17) is 21.1 Å². The van der Waals surface area contributed by atoms with Gasteiger partial charge in [-0.25, -0.2) is 0 Å². The van der Waals surface area contributed by atoms with Gasteiger partial charge in [0.05, 0.1) is 13.2 Å². The molecule has 2 fully saturated rings. The number of nitrogens with zero attached hydrogens (tertiary/aromatic N) is 1. The van der Waals surface area contributed by atoms with E-state index < -0.39 is 17.6 Å². The van der Waals surface area contributed by atoms with Gasteiger partial charge in [-0.15, -0.1) is 0 Å². The highest BCUT2D eigenvalue weighted by molar-refractivity contribution is 6.35. The lowest BCUT2D eigenvalue weighted by molar-refractivity contribution is -0.188. The number of carbonyl (C=O) groups excluding carboxylic acids is 2. The molecular weight excluding hydrogens is 320 g/mol. The Hall–Kier alpha value is -1.63. The van der Waals surface area contributed by atoms with Crippen LogP contribution < -0.4 is 5.32 Å². The lowest BCUT2D eigenvalue weighted by Gasteiger charge is -2.37. The summed E-state index contributed by atoms with van der Waals surface area (Å²) in [6, 6.07) is 7.12. The van der Waals surface area contributed by atoms with Crippen LogP contribution in [0.25, 0.3) is 0 Å². The first-order valence-electron chi connectivity index (χ1n) is 7.67. The maximum Gasteiger partial charge on any atom is 0.311 e. The van der Waals surface area contributed by atoms with E-state index in [1.807, 2.05) is 12.1 Å². The van der Waals surface area contributed by atoms with Gasteiger partial charge in [0, 0.05) is 37.5 Å². The van der Waals surface area contributed by atoms with Crippen LogP contribution in [0.15, 0.2) is 24.3 Å². The Morgan fingerprint density at radius 3 is 2.35 bits per heavy atom. The van der Waals surface area contributed by atoms with E-state index in [1.165, 1.54) is 0 Å². The summed E-state index contributed by atoms with van der Waals surface area (Å²) < 4.78 is 11.2. The lowest BCUT2D eigenvalue weighted by atomic mass is 10.0. The summed E-state index contributed by atoms with van der Waals surface area (Å²) in [5, 5.41) is 3.27. The van der Waals surface area contributed by atoms with E-state index in [1.54, 1.807) is 17.0 Å². The van der Waals surface area contributed by atoms with Crippen molar-refractivity contribution in [3.63, 3.8) is 0 Å². The Balaban J connectivity index is 1.48. The van der Waals surface area contributed by atoms with Crippen LogP contribution in [-0.2, 0) is 25.6 Å². The number of halogens is 1. The average molecular weight is 339 g/mol. The van der Waals surface area contributed by atoms with E-state index in [9.17, 15) is 9.59 Å². The molecule has 6 nitrogen and oxygen atoms in total. The van der Waals surface area contributed by atoms with Crippen molar-refractivity contribution in [2.24, 2.45) is 0 Å². The molecule has 0 bridgehead atoms. The Morgan fingerprint density at radius 1 is 1.13 bits per heavy atom. The zero-order chi connectivity index (χ0) is 16.3. The molecule has 2 aliphatic heterocycles. The molecule has 3 rings (SSSR count). The van der Waals surface area contributed by atoms with Crippen molar-refractivity contribution < 1.29 is 19.1 Å². The number of piperidine rings is 1. The predicted octanol–water partition coefficient (Wildman–Crippen LogP) is 1.32. The van der Waals surface area contributed by atoms with Crippen molar-refractivity contribution in [3.8, 4) is 0 Å². The summed E-state index contributed by atoms with van der Waals surface area (Å²) >= 11 is 5.81. The molecule has 0 aliphatic carbocycles. The number of likely N-dealkylation sites (tertiary alicyclic amines) is 1. The van der Waals surface area contributed by atoms with Crippen LogP contribution in [0.1, 0.15) is 18.4 Å². The molecule has 0 radical (unpaired) electrons. The Morgan fingerprint density at radius 2 is 1.74 bits per heavy atom. The Bertz CT molecular complexity index is 574. The first-order valence-corrected chi connectivity index (χ1v) is 8.05. The average Bonchev–Trinajstić information content (AvgIpc) is 3.02. The highest BCUT2D eigenvalue weighted by Gasteiger charge is 2.41. The number of carbonyl (C=O) groups is 2. The third kappa shape index (κ3) is 3.83. The fraction of sp³-hybridized carbons (Fsp3) is 0.500. The third-order valence-corrected chi connectivity index (χ3v) is 4.44. The molecule has 124 valence electrons. The SMILES string of the molecule is O=C(NCc1ccc(Cl)cc1)C(=O)N1CCC2(CC1)OCCO2. The summed E-state index contributed by atoms with van der Waals surface area (Å²) in [5.41, 5.74) is 0.890. The van der Waals surface area contributed by atoms with Crippen molar-refractivity contribution in [2.45, 2.75) is 25.2 Å². The van der Waals surface area contributed by atoms with Gasteiger partial charge in [-0.3, -0.25) is 9.59 Å². The van der Waals surface area contributed by atoms with E-state index in [-0.39, 0.29) is 0 Å². The standard InChI is InChI=1S/C16H19ClN2O4/c17-13-3-1-12(2-4-13)11-18-14(20)15(21)19-7-5-16(6-8-19)22-9-10-23-16/h1-4H,5-11H2,(H,18,20). The fourth-order valence-electron chi connectivity index (χ4n) is 2.84. The van der Waals surface area contributed by atoms with Crippen molar-refractivity contribution >= 4 is 23.4 Å². The highest BCUT2D eigenvalue weighted by Crippen LogP contribution is 2.31. The maximum atomic E-state index is 12.2.